The largest absolute Gasteiger partial charge is 0.492 e. The summed E-state index contributed by atoms with van der Waals surface area (Å²) in [6.45, 7) is 4.22. The molecule has 0 amide bonds. The Kier molecular flexibility index (Phi) is 2.80. The number of fused-ring (bicyclic) bond motifs is 1. The Morgan fingerprint density at radius 2 is 1.81 bits per heavy atom. The Morgan fingerprint density at radius 1 is 1.14 bits per heavy atom. The van der Waals surface area contributed by atoms with E-state index in [1.807, 2.05) is 19.2 Å². The third-order valence-electron chi connectivity index (χ3n) is 4.33. The van der Waals surface area contributed by atoms with Gasteiger partial charge in [0.15, 0.2) is 5.75 Å². The van der Waals surface area contributed by atoms with Gasteiger partial charge < -0.3 is 9.64 Å². The van der Waals surface area contributed by atoms with Gasteiger partial charge in [0.2, 0.25) is 5.43 Å². The first-order valence-corrected chi connectivity index (χ1v) is 6.82. The fourth-order valence-electron chi connectivity index (χ4n) is 3.12. The number of rotatable bonds is 2. The molecule has 0 aromatic heterocycles. The number of ether oxygens (including phenoxy) is 1. The molecule has 4 nitrogen and oxygen atoms in total. The van der Waals surface area contributed by atoms with Crippen molar-refractivity contribution in [2.45, 2.75) is 19.3 Å². The average molecular weight is 283 g/mol. The van der Waals surface area contributed by atoms with Gasteiger partial charge >= 0.3 is 0 Å². The molecular weight excluding hydrogens is 266 g/mol. The molecule has 2 aromatic carbocycles. The van der Waals surface area contributed by atoms with Crippen LogP contribution in [-0.2, 0) is 5.41 Å². The van der Waals surface area contributed by atoms with Gasteiger partial charge in [-0.15, -0.1) is 0 Å². The van der Waals surface area contributed by atoms with Crippen molar-refractivity contribution in [2.75, 3.05) is 19.1 Å². The molecule has 0 unspecified atom stereocenters. The van der Waals surface area contributed by atoms with Crippen LogP contribution in [0.2, 0.25) is 0 Å². The summed E-state index contributed by atoms with van der Waals surface area (Å²) in [5.41, 5.74) is 2.43. The SMILES string of the molecule is COc1c(C=C2N(C)c3ccccc3C2(C)C)c(=O)c1=O. The predicted molar refractivity (Wildman–Crippen MR) is 83.8 cm³/mol. The van der Waals surface area contributed by atoms with E-state index in [2.05, 4.69) is 30.9 Å². The van der Waals surface area contributed by atoms with E-state index in [9.17, 15) is 9.59 Å². The van der Waals surface area contributed by atoms with Gasteiger partial charge in [-0.05, 0) is 17.7 Å². The molecular formula is C17H17NO3. The summed E-state index contributed by atoms with van der Waals surface area (Å²) in [5.74, 6) is 0.160. The van der Waals surface area contributed by atoms with Crippen LogP contribution in [0, 0.1) is 0 Å². The maximum atomic E-state index is 11.8. The van der Waals surface area contributed by atoms with E-state index in [0.717, 1.165) is 11.4 Å². The van der Waals surface area contributed by atoms with Gasteiger partial charge in [-0.3, -0.25) is 9.59 Å². The number of nitrogens with zero attached hydrogens (tertiary/aromatic N) is 1. The zero-order chi connectivity index (χ0) is 15.4. The highest BCUT2D eigenvalue weighted by molar-refractivity contribution is 5.77. The molecule has 2 aromatic rings. The second-order valence-corrected chi connectivity index (χ2v) is 5.84. The Balaban J connectivity index is 2.17. The number of hydrogen-bond donors (Lipinski definition) is 0. The van der Waals surface area contributed by atoms with Gasteiger partial charge in [0.25, 0.3) is 5.43 Å². The molecule has 0 atom stereocenters. The first-order valence-electron chi connectivity index (χ1n) is 6.82. The molecule has 0 radical (unpaired) electrons. The van der Waals surface area contributed by atoms with Crippen LogP contribution in [0.1, 0.15) is 25.0 Å². The second-order valence-electron chi connectivity index (χ2n) is 5.84. The molecule has 1 aliphatic rings. The first kappa shape index (κ1) is 13.6. The monoisotopic (exact) mass is 283 g/mol. The minimum absolute atomic E-state index is 0.160. The lowest BCUT2D eigenvalue weighted by molar-refractivity contribution is 0.404. The van der Waals surface area contributed by atoms with E-state index in [1.54, 1.807) is 6.08 Å². The lowest BCUT2D eigenvalue weighted by Gasteiger charge is -2.24. The lowest BCUT2D eigenvalue weighted by Crippen LogP contribution is -2.35. The predicted octanol–water partition coefficient (Wildman–Crippen LogP) is 2.06. The van der Waals surface area contributed by atoms with Crippen molar-refractivity contribution in [1.82, 2.24) is 0 Å². The average Bonchev–Trinajstić information content (AvgIpc) is 2.67. The highest BCUT2D eigenvalue weighted by Crippen LogP contribution is 2.47. The molecule has 0 spiro atoms. The Labute approximate surface area is 123 Å². The van der Waals surface area contributed by atoms with E-state index in [0.29, 0.717) is 5.56 Å². The molecule has 0 N–H and O–H groups in total. The summed E-state index contributed by atoms with van der Waals surface area (Å²) in [5, 5.41) is 0. The van der Waals surface area contributed by atoms with Gasteiger partial charge in [-0.2, -0.15) is 0 Å². The van der Waals surface area contributed by atoms with E-state index in [-0.39, 0.29) is 11.2 Å². The van der Waals surface area contributed by atoms with Crippen molar-refractivity contribution >= 4 is 11.8 Å². The topological polar surface area (TPSA) is 46.6 Å². The summed E-state index contributed by atoms with van der Waals surface area (Å²) in [4.78, 5) is 25.3. The van der Waals surface area contributed by atoms with Crippen LogP contribution in [0.3, 0.4) is 0 Å². The normalized spacial score (nSPS) is 18.3. The lowest BCUT2D eigenvalue weighted by atomic mass is 9.83. The molecule has 0 fully saturated rings. The molecule has 3 rings (SSSR count). The van der Waals surface area contributed by atoms with Gasteiger partial charge in [0.05, 0.1) is 12.7 Å². The molecule has 0 saturated carbocycles. The Bertz CT molecular complexity index is 823. The summed E-state index contributed by atoms with van der Waals surface area (Å²) in [6.07, 6.45) is 1.78. The van der Waals surface area contributed by atoms with Gasteiger partial charge in [0, 0.05) is 23.8 Å². The van der Waals surface area contributed by atoms with Crippen molar-refractivity contribution in [3.63, 3.8) is 0 Å². The van der Waals surface area contributed by atoms with Gasteiger partial charge in [-0.25, -0.2) is 0 Å². The van der Waals surface area contributed by atoms with Crippen LogP contribution in [0.25, 0.3) is 6.08 Å². The fraction of sp³-hybridized carbons (Fsp3) is 0.294. The summed E-state index contributed by atoms with van der Waals surface area (Å²) < 4.78 is 5.02. The molecule has 1 heterocycles. The van der Waals surface area contributed by atoms with E-state index in [1.165, 1.54) is 12.7 Å². The number of methoxy groups -OCH3 is 1. The number of para-hydroxylation sites is 1. The van der Waals surface area contributed by atoms with Crippen LogP contribution in [-0.4, -0.2) is 14.2 Å². The molecule has 108 valence electrons. The molecule has 0 bridgehead atoms. The van der Waals surface area contributed by atoms with E-state index >= 15 is 0 Å². The van der Waals surface area contributed by atoms with Gasteiger partial charge in [0.1, 0.15) is 0 Å². The molecule has 0 aliphatic carbocycles. The smallest absolute Gasteiger partial charge is 0.268 e. The third kappa shape index (κ3) is 1.68. The van der Waals surface area contributed by atoms with Crippen molar-refractivity contribution in [1.29, 1.82) is 0 Å². The number of likely N-dealkylation sites (N-methyl/N-ethyl adjacent to an activating group) is 1. The first-order chi connectivity index (χ1) is 9.89. The van der Waals surface area contributed by atoms with E-state index < -0.39 is 10.9 Å². The number of hydrogen-bond acceptors (Lipinski definition) is 4. The number of allylic oxidation sites excluding steroid dienone is 1. The minimum Gasteiger partial charge on any atom is -0.492 e. The zero-order valence-corrected chi connectivity index (χ0v) is 12.6. The highest BCUT2D eigenvalue weighted by atomic mass is 16.5. The standard InChI is InChI=1S/C17H17NO3/c1-17(2)11-7-5-6-8-12(11)18(3)13(17)9-10-14(19)15(20)16(10)21-4/h5-9H,1-4H3. The summed E-state index contributed by atoms with van der Waals surface area (Å²) >= 11 is 0. The third-order valence-corrected chi connectivity index (χ3v) is 4.33. The van der Waals surface area contributed by atoms with Crippen LogP contribution in [0.15, 0.2) is 39.6 Å². The number of anilines is 1. The summed E-state index contributed by atoms with van der Waals surface area (Å²) in [6, 6.07) is 8.14. The van der Waals surface area contributed by atoms with Crippen LogP contribution in [0.5, 0.6) is 5.75 Å². The Hall–Kier alpha value is -2.36. The molecule has 0 saturated heterocycles. The maximum absolute atomic E-state index is 11.8. The molecule has 21 heavy (non-hydrogen) atoms. The van der Waals surface area contributed by atoms with Crippen molar-refractivity contribution in [2.24, 2.45) is 0 Å². The quantitative estimate of drug-likeness (QED) is 0.792. The van der Waals surface area contributed by atoms with Crippen molar-refractivity contribution in [3.8, 4) is 5.75 Å². The van der Waals surface area contributed by atoms with Crippen molar-refractivity contribution in [3.05, 3.63) is 61.5 Å². The highest BCUT2D eigenvalue weighted by Gasteiger charge is 2.39. The number of benzene rings is 1. The van der Waals surface area contributed by atoms with Crippen LogP contribution in [0.4, 0.5) is 5.69 Å². The van der Waals surface area contributed by atoms with Crippen LogP contribution >= 0.6 is 0 Å². The zero-order valence-electron chi connectivity index (χ0n) is 12.6. The van der Waals surface area contributed by atoms with Crippen LogP contribution < -0.4 is 20.5 Å². The van der Waals surface area contributed by atoms with Crippen molar-refractivity contribution < 1.29 is 4.74 Å². The van der Waals surface area contributed by atoms with E-state index in [4.69, 9.17) is 4.74 Å². The molecule has 4 heteroatoms. The minimum atomic E-state index is -0.541. The second kappa shape index (κ2) is 4.32. The maximum Gasteiger partial charge on any atom is 0.268 e. The Morgan fingerprint density at radius 3 is 2.43 bits per heavy atom. The fourth-order valence-corrected chi connectivity index (χ4v) is 3.12. The molecule has 1 aliphatic heterocycles. The van der Waals surface area contributed by atoms with Gasteiger partial charge in [-0.1, -0.05) is 32.0 Å². The summed E-state index contributed by atoms with van der Waals surface area (Å²) in [7, 11) is 3.38.